The highest BCUT2D eigenvalue weighted by Crippen LogP contribution is 2.14. The summed E-state index contributed by atoms with van der Waals surface area (Å²) < 4.78 is 16.7. The molecule has 340 valence electrons. The van der Waals surface area contributed by atoms with Crippen molar-refractivity contribution in [2.45, 2.75) is 245 Å². The van der Waals surface area contributed by atoms with E-state index < -0.39 is 6.10 Å². The fourth-order valence-corrected chi connectivity index (χ4v) is 6.74. The SMILES string of the molecule is CC/C=C\C/C=C\CCCCCCCC(=O)OC(COC(=O)CCCCCC/C=C\CCCC)COC(=O)CCCCCCCCCCCC/C=C\C=C/CCCCC. The molecule has 0 aromatic rings. The van der Waals surface area contributed by atoms with Crippen LogP contribution in [0.25, 0.3) is 0 Å². The molecule has 0 aromatic heterocycles. The molecule has 0 aliphatic carbocycles. The Hall–Kier alpha value is -2.89. The van der Waals surface area contributed by atoms with Gasteiger partial charge in [-0.25, -0.2) is 0 Å². The highest BCUT2D eigenvalue weighted by Gasteiger charge is 2.19. The predicted octanol–water partition coefficient (Wildman–Crippen LogP) is 16.1. The smallest absolute Gasteiger partial charge is 0.306 e. The van der Waals surface area contributed by atoms with Crippen molar-refractivity contribution in [1.29, 1.82) is 0 Å². The van der Waals surface area contributed by atoms with E-state index in [1.807, 2.05) is 0 Å². The molecular formula is C53H92O6. The first kappa shape index (κ1) is 56.1. The third kappa shape index (κ3) is 46.0. The average molecular weight is 825 g/mol. The number of hydrogen-bond acceptors (Lipinski definition) is 6. The summed E-state index contributed by atoms with van der Waals surface area (Å²) >= 11 is 0. The number of carbonyl (C=O) groups excluding carboxylic acids is 3. The van der Waals surface area contributed by atoms with E-state index in [9.17, 15) is 14.4 Å². The molecule has 0 aromatic carbocycles. The summed E-state index contributed by atoms with van der Waals surface area (Å²) in [5.41, 5.74) is 0. The summed E-state index contributed by atoms with van der Waals surface area (Å²) in [7, 11) is 0. The molecular weight excluding hydrogens is 733 g/mol. The largest absolute Gasteiger partial charge is 0.462 e. The summed E-state index contributed by atoms with van der Waals surface area (Å²) in [6.07, 6.45) is 57.8. The van der Waals surface area contributed by atoms with Gasteiger partial charge in [-0.3, -0.25) is 14.4 Å². The van der Waals surface area contributed by atoms with Gasteiger partial charge in [0.15, 0.2) is 6.10 Å². The number of unbranched alkanes of at least 4 members (excludes halogenated alkanes) is 24. The van der Waals surface area contributed by atoms with Crippen LogP contribution in [0.3, 0.4) is 0 Å². The van der Waals surface area contributed by atoms with Gasteiger partial charge in [-0.05, 0) is 89.9 Å². The maximum atomic E-state index is 12.7. The molecule has 0 amide bonds. The molecule has 1 atom stereocenters. The molecule has 0 aliphatic heterocycles. The lowest BCUT2D eigenvalue weighted by Gasteiger charge is -2.18. The Morgan fingerprint density at radius 3 is 1.19 bits per heavy atom. The molecule has 6 heteroatoms. The fraction of sp³-hybridized carbons (Fsp3) is 0.755. The van der Waals surface area contributed by atoms with Crippen molar-refractivity contribution in [3.05, 3.63) is 60.8 Å². The Balaban J connectivity index is 4.32. The van der Waals surface area contributed by atoms with Gasteiger partial charge in [-0.15, -0.1) is 0 Å². The Morgan fingerprint density at radius 1 is 0.373 bits per heavy atom. The number of hydrogen-bond donors (Lipinski definition) is 0. The summed E-state index contributed by atoms with van der Waals surface area (Å²) in [6.45, 7) is 6.43. The first-order valence-corrected chi connectivity index (χ1v) is 24.8. The Morgan fingerprint density at radius 2 is 0.729 bits per heavy atom. The Labute approximate surface area is 364 Å². The van der Waals surface area contributed by atoms with Crippen LogP contribution in [0.2, 0.25) is 0 Å². The zero-order valence-electron chi connectivity index (χ0n) is 38.8. The Bertz CT molecular complexity index is 1090. The number of allylic oxidation sites excluding steroid dienone is 10. The highest BCUT2D eigenvalue weighted by molar-refractivity contribution is 5.71. The van der Waals surface area contributed by atoms with E-state index in [0.29, 0.717) is 19.3 Å². The van der Waals surface area contributed by atoms with E-state index in [1.165, 1.54) is 89.9 Å². The third-order valence-electron chi connectivity index (χ3n) is 10.5. The molecule has 0 heterocycles. The van der Waals surface area contributed by atoms with Crippen LogP contribution in [0.4, 0.5) is 0 Å². The van der Waals surface area contributed by atoms with Crippen LogP contribution in [0.1, 0.15) is 239 Å². The van der Waals surface area contributed by atoms with Crippen LogP contribution in [0.15, 0.2) is 60.8 Å². The van der Waals surface area contributed by atoms with E-state index in [1.54, 1.807) is 0 Å². The number of rotatable bonds is 44. The zero-order valence-corrected chi connectivity index (χ0v) is 38.8. The molecule has 1 unspecified atom stereocenters. The number of ether oxygens (including phenoxy) is 3. The molecule has 0 radical (unpaired) electrons. The van der Waals surface area contributed by atoms with Gasteiger partial charge in [0.1, 0.15) is 13.2 Å². The molecule has 0 aliphatic rings. The van der Waals surface area contributed by atoms with Crippen LogP contribution >= 0.6 is 0 Å². The van der Waals surface area contributed by atoms with Crippen LogP contribution in [-0.4, -0.2) is 37.2 Å². The topological polar surface area (TPSA) is 78.9 Å². The average Bonchev–Trinajstić information content (AvgIpc) is 3.23. The van der Waals surface area contributed by atoms with Gasteiger partial charge in [-0.1, -0.05) is 191 Å². The molecule has 0 spiro atoms. The van der Waals surface area contributed by atoms with Gasteiger partial charge in [0.25, 0.3) is 0 Å². The van der Waals surface area contributed by atoms with E-state index in [-0.39, 0.29) is 31.1 Å². The molecule has 59 heavy (non-hydrogen) atoms. The summed E-state index contributed by atoms with van der Waals surface area (Å²) in [6, 6.07) is 0. The molecule has 0 rings (SSSR count). The van der Waals surface area contributed by atoms with Gasteiger partial charge in [0.2, 0.25) is 0 Å². The summed E-state index contributed by atoms with van der Waals surface area (Å²) in [4.78, 5) is 37.8. The molecule has 0 fully saturated rings. The Kier molecular flexibility index (Phi) is 45.4. The molecule has 0 saturated heterocycles. The standard InChI is InChI=1S/C53H92O6/c1-4-7-10-13-16-19-22-24-25-26-27-28-29-30-32-34-37-40-43-46-52(55)58-49-50(48-57-51(54)45-42-39-36-33-21-18-15-12-9-6-3)59-53(56)47-44-41-38-35-31-23-20-17-14-11-8-5-2/h8,11,15-20,22,24,50H,4-7,9-10,12-14,21,23,25-49H2,1-3H3/b11-8-,18-15-,19-16-,20-17-,24-22-. The van der Waals surface area contributed by atoms with E-state index in [2.05, 4.69) is 81.5 Å². The monoisotopic (exact) mass is 825 g/mol. The maximum absolute atomic E-state index is 12.7. The number of esters is 3. The van der Waals surface area contributed by atoms with Gasteiger partial charge in [-0.2, -0.15) is 0 Å². The van der Waals surface area contributed by atoms with Crippen molar-refractivity contribution < 1.29 is 28.6 Å². The number of carbonyl (C=O) groups is 3. The van der Waals surface area contributed by atoms with Crippen LogP contribution in [0.5, 0.6) is 0 Å². The molecule has 0 saturated carbocycles. The minimum atomic E-state index is -0.785. The third-order valence-corrected chi connectivity index (χ3v) is 10.5. The quantitative estimate of drug-likeness (QED) is 0.0200. The second-order valence-electron chi connectivity index (χ2n) is 16.4. The molecule has 0 N–H and O–H groups in total. The van der Waals surface area contributed by atoms with Crippen molar-refractivity contribution in [1.82, 2.24) is 0 Å². The highest BCUT2D eigenvalue weighted by atomic mass is 16.6. The maximum Gasteiger partial charge on any atom is 0.306 e. The van der Waals surface area contributed by atoms with Gasteiger partial charge in [0, 0.05) is 19.3 Å². The summed E-state index contributed by atoms with van der Waals surface area (Å²) in [5, 5.41) is 0. The van der Waals surface area contributed by atoms with Crippen molar-refractivity contribution >= 4 is 17.9 Å². The zero-order chi connectivity index (χ0) is 43.0. The van der Waals surface area contributed by atoms with Crippen LogP contribution in [-0.2, 0) is 28.6 Å². The minimum absolute atomic E-state index is 0.0855. The van der Waals surface area contributed by atoms with E-state index in [4.69, 9.17) is 14.2 Å². The first-order chi connectivity index (χ1) is 29.0. The van der Waals surface area contributed by atoms with Crippen molar-refractivity contribution in [3.63, 3.8) is 0 Å². The molecule has 0 bridgehead atoms. The van der Waals surface area contributed by atoms with Gasteiger partial charge in [0.05, 0.1) is 0 Å². The summed E-state index contributed by atoms with van der Waals surface area (Å²) in [5.74, 6) is -0.918. The minimum Gasteiger partial charge on any atom is -0.462 e. The first-order valence-electron chi connectivity index (χ1n) is 24.8. The molecule has 6 nitrogen and oxygen atoms in total. The van der Waals surface area contributed by atoms with Crippen LogP contribution in [0, 0.1) is 0 Å². The second kappa shape index (κ2) is 47.8. The van der Waals surface area contributed by atoms with Crippen molar-refractivity contribution in [3.8, 4) is 0 Å². The normalized spacial score (nSPS) is 12.5. The lowest BCUT2D eigenvalue weighted by atomic mass is 10.1. The lowest BCUT2D eigenvalue weighted by molar-refractivity contribution is -0.167. The lowest BCUT2D eigenvalue weighted by Crippen LogP contribution is -2.30. The van der Waals surface area contributed by atoms with Gasteiger partial charge >= 0.3 is 17.9 Å². The predicted molar refractivity (Wildman–Crippen MR) is 251 cm³/mol. The fourth-order valence-electron chi connectivity index (χ4n) is 6.74. The van der Waals surface area contributed by atoms with Gasteiger partial charge < -0.3 is 14.2 Å². The van der Waals surface area contributed by atoms with Crippen molar-refractivity contribution in [2.75, 3.05) is 13.2 Å². The van der Waals surface area contributed by atoms with Crippen LogP contribution < -0.4 is 0 Å². The van der Waals surface area contributed by atoms with Crippen molar-refractivity contribution in [2.24, 2.45) is 0 Å². The second-order valence-corrected chi connectivity index (χ2v) is 16.4. The van der Waals surface area contributed by atoms with E-state index >= 15 is 0 Å². The van der Waals surface area contributed by atoms with E-state index in [0.717, 1.165) is 109 Å².